The maximum atomic E-state index is 12.7. The summed E-state index contributed by atoms with van der Waals surface area (Å²) in [6, 6.07) is 12.7. The third-order valence-corrected chi connectivity index (χ3v) is 5.43. The van der Waals surface area contributed by atoms with Crippen LogP contribution in [-0.2, 0) is 27.2 Å². The molecule has 2 aromatic carbocycles. The Morgan fingerprint density at radius 2 is 1.73 bits per heavy atom. The molecule has 1 atom stereocenters. The van der Waals surface area contributed by atoms with Crippen LogP contribution >= 0.6 is 0 Å². The molecular weight excluding hydrogens is 382 g/mol. The molecule has 6 nitrogen and oxygen atoms in total. The number of benzene rings is 2. The number of rotatable bonds is 8. The van der Waals surface area contributed by atoms with Crippen molar-refractivity contribution in [2.24, 2.45) is 5.92 Å². The summed E-state index contributed by atoms with van der Waals surface area (Å²) in [5.74, 6) is -0.940. The number of hydrogen-bond acceptors (Lipinski definition) is 5. The van der Waals surface area contributed by atoms with E-state index in [1.54, 1.807) is 29.2 Å². The summed E-state index contributed by atoms with van der Waals surface area (Å²) in [5, 5.41) is 0. The van der Waals surface area contributed by atoms with E-state index in [1.165, 1.54) is 7.11 Å². The number of aryl methyl sites for hydroxylation is 2. The zero-order valence-corrected chi connectivity index (χ0v) is 17.6. The Kier molecular flexibility index (Phi) is 6.87. The average Bonchev–Trinajstić information content (AvgIpc) is 3.17. The van der Waals surface area contributed by atoms with Crippen molar-refractivity contribution in [3.05, 3.63) is 59.2 Å². The molecule has 0 unspecified atom stereocenters. The van der Waals surface area contributed by atoms with E-state index in [0.29, 0.717) is 11.3 Å². The molecule has 0 aromatic heterocycles. The van der Waals surface area contributed by atoms with Crippen molar-refractivity contribution in [3.63, 3.8) is 0 Å². The van der Waals surface area contributed by atoms with Crippen molar-refractivity contribution < 1.29 is 23.9 Å². The van der Waals surface area contributed by atoms with E-state index < -0.39 is 11.9 Å². The molecule has 1 amide bonds. The number of ether oxygens (including phenoxy) is 2. The highest BCUT2D eigenvalue weighted by Gasteiger charge is 2.37. The molecule has 1 saturated heterocycles. The molecule has 0 spiro atoms. The Hall–Kier alpha value is -3.15. The second-order valence-corrected chi connectivity index (χ2v) is 7.30. The fraction of sp³-hybridized carbons (Fsp3) is 0.375. The molecule has 158 valence electrons. The third-order valence-electron chi connectivity index (χ3n) is 5.43. The second-order valence-electron chi connectivity index (χ2n) is 7.30. The quantitative estimate of drug-likeness (QED) is 0.492. The Labute approximate surface area is 176 Å². The summed E-state index contributed by atoms with van der Waals surface area (Å²) >= 11 is 0. The van der Waals surface area contributed by atoms with Crippen LogP contribution in [0.15, 0.2) is 42.5 Å². The average molecular weight is 409 g/mol. The summed E-state index contributed by atoms with van der Waals surface area (Å²) in [5.41, 5.74) is 3.50. The van der Waals surface area contributed by atoms with Gasteiger partial charge in [0.25, 0.3) is 0 Å². The van der Waals surface area contributed by atoms with E-state index in [9.17, 15) is 14.4 Å². The Morgan fingerprint density at radius 3 is 2.37 bits per heavy atom. The molecule has 30 heavy (non-hydrogen) atoms. The maximum Gasteiger partial charge on any atom is 0.311 e. The first kappa shape index (κ1) is 21.6. The standard InChI is InChI=1S/C24H27NO5/c1-4-16-8-6-9-17(5-2)23(16)25-14-19(13-22(25)27)24(28)30-15-21(26)18-10-7-11-20(12-18)29-3/h6-12,19H,4-5,13-15H2,1-3H3/t19-/m1/s1. The molecule has 6 heteroatoms. The van der Waals surface area contributed by atoms with Crippen LogP contribution in [0.25, 0.3) is 0 Å². The summed E-state index contributed by atoms with van der Waals surface area (Å²) in [7, 11) is 1.52. The van der Waals surface area contributed by atoms with Crippen LogP contribution in [0.3, 0.4) is 0 Å². The van der Waals surface area contributed by atoms with Gasteiger partial charge < -0.3 is 14.4 Å². The Balaban J connectivity index is 1.66. The molecular formula is C24H27NO5. The number of esters is 1. The molecule has 1 aliphatic rings. The van der Waals surface area contributed by atoms with Gasteiger partial charge in [0.1, 0.15) is 5.75 Å². The van der Waals surface area contributed by atoms with Crippen molar-refractivity contribution in [1.82, 2.24) is 0 Å². The molecule has 1 heterocycles. The summed E-state index contributed by atoms with van der Waals surface area (Å²) in [6.45, 7) is 4.01. The number of Topliss-reactive ketones (excluding diaryl/α,β-unsaturated/α-hetero) is 1. The number of para-hydroxylation sites is 1. The molecule has 0 radical (unpaired) electrons. The number of nitrogens with zero attached hydrogens (tertiary/aromatic N) is 1. The highest BCUT2D eigenvalue weighted by atomic mass is 16.5. The molecule has 2 aromatic rings. The molecule has 0 N–H and O–H groups in total. The minimum absolute atomic E-state index is 0.0907. The van der Waals surface area contributed by atoms with Gasteiger partial charge >= 0.3 is 5.97 Å². The Bertz CT molecular complexity index is 930. The van der Waals surface area contributed by atoms with Gasteiger partial charge in [-0.25, -0.2) is 0 Å². The fourth-order valence-corrected chi connectivity index (χ4v) is 3.78. The fourth-order valence-electron chi connectivity index (χ4n) is 3.78. The number of anilines is 1. The normalized spacial score (nSPS) is 15.9. The molecule has 3 rings (SSSR count). The summed E-state index contributed by atoms with van der Waals surface area (Å²) < 4.78 is 10.4. The van der Waals surface area contributed by atoms with Gasteiger partial charge in [0.05, 0.1) is 13.0 Å². The van der Waals surface area contributed by atoms with Crippen molar-refractivity contribution >= 4 is 23.3 Å². The van der Waals surface area contributed by atoms with E-state index in [-0.39, 0.29) is 31.3 Å². The lowest BCUT2D eigenvalue weighted by molar-refractivity contribution is -0.147. The van der Waals surface area contributed by atoms with Gasteiger partial charge in [-0.05, 0) is 36.1 Å². The van der Waals surface area contributed by atoms with Crippen LogP contribution < -0.4 is 9.64 Å². The van der Waals surface area contributed by atoms with Crippen LogP contribution in [0.5, 0.6) is 5.75 Å². The van der Waals surface area contributed by atoms with Gasteiger partial charge in [-0.3, -0.25) is 14.4 Å². The molecule has 0 bridgehead atoms. The zero-order chi connectivity index (χ0) is 21.7. The van der Waals surface area contributed by atoms with Gasteiger partial charge in [-0.2, -0.15) is 0 Å². The number of ketones is 1. The van der Waals surface area contributed by atoms with E-state index in [2.05, 4.69) is 13.8 Å². The van der Waals surface area contributed by atoms with E-state index in [4.69, 9.17) is 9.47 Å². The van der Waals surface area contributed by atoms with Crippen LogP contribution in [0, 0.1) is 5.92 Å². The van der Waals surface area contributed by atoms with Gasteiger partial charge in [0.2, 0.25) is 5.91 Å². The van der Waals surface area contributed by atoms with Crippen molar-refractivity contribution in [3.8, 4) is 5.75 Å². The van der Waals surface area contributed by atoms with Crippen LogP contribution in [0.4, 0.5) is 5.69 Å². The number of carbonyl (C=O) groups is 3. The van der Waals surface area contributed by atoms with Crippen LogP contribution in [0.1, 0.15) is 41.8 Å². The molecule has 0 aliphatic carbocycles. The van der Waals surface area contributed by atoms with Crippen LogP contribution in [-0.4, -0.2) is 37.9 Å². The van der Waals surface area contributed by atoms with E-state index in [1.807, 2.05) is 18.2 Å². The van der Waals surface area contributed by atoms with Crippen LogP contribution in [0.2, 0.25) is 0 Å². The minimum Gasteiger partial charge on any atom is -0.497 e. The van der Waals surface area contributed by atoms with E-state index in [0.717, 1.165) is 29.7 Å². The minimum atomic E-state index is -0.578. The predicted molar refractivity (Wildman–Crippen MR) is 114 cm³/mol. The smallest absolute Gasteiger partial charge is 0.311 e. The summed E-state index contributed by atoms with van der Waals surface area (Å²) in [6.07, 6.45) is 1.70. The van der Waals surface area contributed by atoms with Gasteiger partial charge in [-0.1, -0.05) is 44.2 Å². The maximum absolute atomic E-state index is 12.7. The number of carbonyl (C=O) groups excluding carboxylic acids is 3. The lowest BCUT2D eigenvalue weighted by Gasteiger charge is -2.23. The van der Waals surface area contributed by atoms with Crippen molar-refractivity contribution in [2.45, 2.75) is 33.1 Å². The Morgan fingerprint density at radius 1 is 1.07 bits per heavy atom. The van der Waals surface area contributed by atoms with Crippen molar-refractivity contribution in [1.29, 1.82) is 0 Å². The molecule has 1 fully saturated rings. The molecule has 1 aliphatic heterocycles. The van der Waals surface area contributed by atoms with E-state index >= 15 is 0 Å². The number of methoxy groups -OCH3 is 1. The summed E-state index contributed by atoms with van der Waals surface area (Å²) in [4.78, 5) is 39.3. The van der Waals surface area contributed by atoms with Gasteiger partial charge in [-0.15, -0.1) is 0 Å². The van der Waals surface area contributed by atoms with Crippen molar-refractivity contribution in [2.75, 3.05) is 25.2 Å². The first-order valence-electron chi connectivity index (χ1n) is 10.2. The zero-order valence-electron chi connectivity index (χ0n) is 17.6. The highest BCUT2D eigenvalue weighted by Crippen LogP contribution is 2.32. The first-order chi connectivity index (χ1) is 14.5. The van der Waals surface area contributed by atoms with Gasteiger partial charge in [0.15, 0.2) is 12.4 Å². The number of hydrogen-bond donors (Lipinski definition) is 0. The highest BCUT2D eigenvalue weighted by molar-refractivity contribution is 6.02. The SMILES string of the molecule is CCc1cccc(CC)c1N1C[C@H](C(=O)OCC(=O)c2cccc(OC)c2)CC1=O. The molecule has 0 saturated carbocycles. The second kappa shape index (κ2) is 9.57. The lowest BCUT2D eigenvalue weighted by Crippen LogP contribution is -2.29. The largest absolute Gasteiger partial charge is 0.497 e. The predicted octanol–water partition coefficient (Wildman–Crippen LogP) is 3.60. The first-order valence-corrected chi connectivity index (χ1v) is 10.2. The topological polar surface area (TPSA) is 72.9 Å². The van der Waals surface area contributed by atoms with Gasteiger partial charge in [0, 0.05) is 24.2 Å². The number of amides is 1. The monoisotopic (exact) mass is 409 g/mol. The lowest BCUT2D eigenvalue weighted by atomic mass is 10.0. The third kappa shape index (κ3) is 4.53.